The molecule has 0 fully saturated rings. The third-order valence-corrected chi connectivity index (χ3v) is 6.51. The summed E-state index contributed by atoms with van der Waals surface area (Å²) in [6.45, 7) is 3.97. The molecule has 0 heterocycles. The zero-order chi connectivity index (χ0) is 25.4. The van der Waals surface area contributed by atoms with Crippen LogP contribution in [0.4, 0.5) is 4.39 Å². The normalized spacial score (nSPS) is 12.6. The van der Waals surface area contributed by atoms with Gasteiger partial charge in [-0.1, -0.05) is 84.7 Å². The second-order valence-electron chi connectivity index (χ2n) is 8.55. The number of halogens is 3. The van der Waals surface area contributed by atoms with Crippen LogP contribution in [0.1, 0.15) is 37.0 Å². The van der Waals surface area contributed by atoms with Crippen LogP contribution in [0.2, 0.25) is 10.0 Å². The van der Waals surface area contributed by atoms with E-state index in [4.69, 9.17) is 23.2 Å². The molecule has 0 saturated carbocycles. The van der Waals surface area contributed by atoms with E-state index in [0.29, 0.717) is 22.0 Å². The number of carbonyl (C=O) groups is 2. The molecule has 3 rings (SSSR count). The standard InChI is InChI=1S/C28H29Cl2FN2O2/c1-3-19(2)32-28(35)26(15-20-9-5-4-6-10-20)33(18-22-13-14-23(29)17-24(22)30)27(34)16-21-11-7-8-12-25(21)31/h4-14,17,19,26H,3,15-16,18H2,1-2H3,(H,32,35)/t19-,26+/m0/s1. The lowest BCUT2D eigenvalue weighted by Gasteiger charge is -2.32. The molecule has 0 saturated heterocycles. The van der Waals surface area contributed by atoms with E-state index in [1.54, 1.807) is 36.4 Å². The minimum absolute atomic E-state index is 0.0663. The first-order chi connectivity index (χ1) is 16.8. The van der Waals surface area contributed by atoms with Crippen molar-refractivity contribution in [1.82, 2.24) is 10.2 Å². The van der Waals surface area contributed by atoms with E-state index in [-0.39, 0.29) is 36.4 Å². The zero-order valence-corrected chi connectivity index (χ0v) is 21.3. The maximum Gasteiger partial charge on any atom is 0.243 e. The summed E-state index contributed by atoms with van der Waals surface area (Å²) in [5.41, 5.74) is 1.82. The van der Waals surface area contributed by atoms with Crippen molar-refractivity contribution in [2.75, 3.05) is 0 Å². The highest BCUT2D eigenvalue weighted by Crippen LogP contribution is 2.25. The summed E-state index contributed by atoms with van der Waals surface area (Å²) >= 11 is 12.5. The summed E-state index contributed by atoms with van der Waals surface area (Å²) in [5.74, 6) is -1.11. The van der Waals surface area contributed by atoms with Crippen LogP contribution in [0.3, 0.4) is 0 Å². The third-order valence-electron chi connectivity index (χ3n) is 5.93. The van der Waals surface area contributed by atoms with Crippen molar-refractivity contribution in [3.05, 3.63) is 105 Å². The number of benzene rings is 3. The molecule has 0 aromatic heterocycles. The smallest absolute Gasteiger partial charge is 0.243 e. The van der Waals surface area contributed by atoms with Crippen LogP contribution in [-0.4, -0.2) is 28.8 Å². The van der Waals surface area contributed by atoms with E-state index in [1.165, 1.54) is 11.0 Å². The lowest BCUT2D eigenvalue weighted by Crippen LogP contribution is -2.52. The molecule has 3 aromatic carbocycles. The second-order valence-corrected chi connectivity index (χ2v) is 9.39. The fourth-order valence-electron chi connectivity index (χ4n) is 3.73. The average Bonchev–Trinajstić information content (AvgIpc) is 2.84. The Bertz CT molecular complexity index is 1160. The third kappa shape index (κ3) is 7.55. The van der Waals surface area contributed by atoms with Crippen LogP contribution in [0, 0.1) is 5.82 Å². The predicted octanol–water partition coefficient (Wildman–Crippen LogP) is 6.23. The Morgan fingerprint density at radius 2 is 1.66 bits per heavy atom. The average molecular weight is 515 g/mol. The van der Waals surface area contributed by atoms with Gasteiger partial charge in [0.1, 0.15) is 11.9 Å². The zero-order valence-electron chi connectivity index (χ0n) is 19.8. The molecule has 0 radical (unpaired) electrons. The van der Waals surface area contributed by atoms with Gasteiger partial charge in [0.15, 0.2) is 0 Å². The summed E-state index contributed by atoms with van der Waals surface area (Å²) in [6, 6.07) is 19.8. The number of carbonyl (C=O) groups excluding carboxylic acids is 2. The van der Waals surface area contributed by atoms with Crippen molar-refractivity contribution in [3.63, 3.8) is 0 Å². The van der Waals surface area contributed by atoms with E-state index in [1.807, 2.05) is 44.2 Å². The summed E-state index contributed by atoms with van der Waals surface area (Å²) in [6.07, 6.45) is 0.868. The molecular weight excluding hydrogens is 486 g/mol. The molecule has 4 nitrogen and oxygen atoms in total. The van der Waals surface area contributed by atoms with E-state index >= 15 is 0 Å². The van der Waals surface area contributed by atoms with E-state index in [2.05, 4.69) is 5.32 Å². The largest absolute Gasteiger partial charge is 0.352 e. The number of rotatable bonds is 10. The molecule has 7 heteroatoms. The van der Waals surface area contributed by atoms with Crippen LogP contribution < -0.4 is 5.32 Å². The molecule has 0 spiro atoms. The highest BCUT2D eigenvalue weighted by atomic mass is 35.5. The molecule has 0 aliphatic rings. The second kappa shape index (κ2) is 12.7. The Morgan fingerprint density at radius 3 is 2.31 bits per heavy atom. The van der Waals surface area contributed by atoms with Crippen molar-refractivity contribution in [2.45, 2.75) is 51.7 Å². The van der Waals surface area contributed by atoms with Gasteiger partial charge in [0.05, 0.1) is 6.42 Å². The number of nitrogens with one attached hydrogen (secondary N) is 1. The van der Waals surface area contributed by atoms with Gasteiger partial charge in [-0.25, -0.2) is 4.39 Å². The molecule has 3 aromatic rings. The van der Waals surface area contributed by atoms with Crippen molar-refractivity contribution in [1.29, 1.82) is 0 Å². The number of hydrogen-bond donors (Lipinski definition) is 1. The van der Waals surface area contributed by atoms with Gasteiger partial charge >= 0.3 is 0 Å². The van der Waals surface area contributed by atoms with Gasteiger partial charge in [0.2, 0.25) is 11.8 Å². The molecule has 0 aliphatic carbocycles. The minimum atomic E-state index is -0.822. The lowest BCUT2D eigenvalue weighted by atomic mass is 10.0. The summed E-state index contributed by atoms with van der Waals surface area (Å²) in [7, 11) is 0. The Hall–Kier alpha value is -2.89. The fourth-order valence-corrected chi connectivity index (χ4v) is 4.20. The van der Waals surface area contributed by atoms with Gasteiger partial charge in [-0.3, -0.25) is 9.59 Å². The molecule has 184 valence electrons. The summed E-state index contributed by atoms with van der Waals surface area (Å²) in [5, 5.41) is 3.87. The molecule has 0 bridgehead atoms. The van der Waals surface area contributed by atoms with Gasteiger partial charge in [-0.15, -0.1) is 0 Å². The summed E-state index contributed by atoms with van der Waals surface area (Å²) < 4.78 is 14.4. The van der Waals surface area contributed by atoms with Gasteiger partial charge < -0.3 is 10.2 Å². The number of amides is 2. The highest BCUT2D eigenvalue weighted by Gasteiger charge is 2.31. The van der Waals surface area contributed by atoms with Crippen molar-refractivity contribution in [2.24, 2.45) is 0 Å². The summed E-state index contributed by atoms with van der Waals surface area (Å²) in [4.78, 5) is 28.6. The van der Waals surface area contributed by atoms with Crippen LogP contribution in [0.25, 0.3) is 0 Å². The number of nitrogens with zero attached hydrogens (tertiary/aromatic N) is 1. The van der Waals surface area contributed by atoms with Gasteiger partial charge in [0.25, 0.3) is 0 Å². The molecule has 2 atom stereocenters. The highest BCUT2D eigenvalue weighted by molar-refractivity contribution is 6.35. The maximum atomic E-state index is 14.4. The first-order valence-corrected chi connectivity index (χ1v) is 12.3. The van der Waals surface area contributed by atoms with Crippen LogP contribution in [0.15, 0.2) is 72.8 Å². The minimum Gasteiger partial charge on any atom is -0.352 e. The van der Waals surface area contributed by atoms with Crippen LogP contribution >= 0.6 is 23.2 Å². The van der Waals surface area contributed by atoms with Crippen molar-refractivity contribution < 1.29 is 14.0 Å². The van der Waals surface area contributed by atoms with Gasteiger partial charge in [-0.2, -0.15) is 0 Å². The number of hydrogen-bond acceptors (Lipinski definition) is 2. The first kappa shape index (κ1) is 26.7. The van der Waals surface area contributed by atoms with E-state index < -0.39 is 11.9 Å². The topological polar surface area (TPSA) is 49.4 Å². The van der Waals surface area contributed by atoms with E-state index in [9.17, 15) is 14.0 Å². The molecule has 2 amide bonds. The SMILES string of the molecule is CC[C@H](C)NC(=O)[C@@H](Cc1ccccc1)N(Cc1ccc(Cl)cc1Cl)C(=O)Cc1ccccc1F. The monoisotopic (exact) mass is 514 g/mol. The Labute approximate surface area is 216 Å². The predicted molar refractivity (Wildman–Crippen MR) is 139 cm³/mol. The first-order valence-electron chi connectivity index (χ1n) is 11.6. The van der Waals surface area contributed by atoms with Crippen LogP contribution in [-0.2, 0) is 29.0 Å². The molecule has 1 N–H and O–H groups in total. The molecule has 0 aliphatic heterocycles. The quantitative estimate of drug-likeness (QED) is 0.348. The Morgan fingerprint density at radius 1 is 0.971 bits per heavy atom. The maximum absolute atomic E-state index is 14.4. The molecular formula is C28H29Cl2FN2O2. The van der Waals surface area contributed by atoms with Gasteiger partial charge in [0, 0.05) is 29.1 Å². The lowest BCUT2D eigenvalue weighted by molar-refractivity contribution is -0.141. The van der Waals surface area contributed by atoms with Gasteiger partial charge in [-0.05, 0) is 48.2 Å². The van der Waals surface area contributed by atoms with Crippen LogP contribution in [0.5, 0.6) is 0 Å². The van der Waals surface area contributed by atoms with Crippen molar-refractivity contribution in [3.8, 4) is 0 Å². The fraction of sp³-hybridized carbons (Fsp3) is 0.286. The van der Waals surface area contributed by atoms with E-state index in [0.717, 1.165) is 12.0 Å². The molecule has 0 unspecified atom stereocenters. The van der Waals surface area contributed by atoms with Crippen molar-refractivity contribution >= 4 is 35.0 Å². The molecule has 35 heavy (non-hydrogen) atoms. The Balaban J connectivity index is 2.01. The Kier molecular flexibility index (Phi) is 9.70.